The van der Waals surface area contributed by atoms with Crippen molar-refractivity contribution >= 4 is 22.6 Å². The number of fused-ring (bicyclic) bond motifs is 1. The monoisotopic (exact) mass is 402 g/mol. The Hall–Kier alpha value is -3.34. The van der Waals surface area contributed by atoms with Gasteiger partial charge in [-0.3, -0.25) is 9.59 Å². The Labute approximate surface area is 176 Å². The van der Waals surface area contributed by atoms with Gasteiger partial charge in [-0.1, -0.05) is 48.5 Å². The number of phenolic OH excluding ortho intramolecular Hbond substituents is 1. The minimum atomic E-state index is -0.193. The summed E-state index contributed by atoms with van der Waals surface area (Å²) in [6, 6.07) is 20.7. The lowest BCUT2D eigenvalue weighted by molar-refractivity contribution is -0.126. The van der Waals surface area contributed by atoms with Gasteiger partial charge in [0.1, 0.15) is 5.75 Å². The van der Waals surface area contributed by atoms with E-state index in [1.807, 2.05) is 53.4 Å². The number of hydrogen-bond acceptors (Lipinski definition) is 3. The summed E-state index contributed by atoms with van der Waals surface area (Å²) < 4.78 is 0. The number of nitrogens with zero attached hydrogens (tertiary/aromatic N) is 1. The molecular weight excluding hydrogens is 376 g/mol. The van der Waals surface area contributed by atoms with E-state index in [9.17, 15) is 14.7 Å². The molecule has 1 aliphatic heterocycles. The fourth-order valence-electron chi connectivity index (χ4n) is 4.14. The van der Waals surface area contributed by atoms with Gasteiger partial charge in [0, 0.05) is 25.2 Å². The molecule has 1 heterocycles. The molecule has 0 radical (unpaired) electrons. The molecule has 5 heteroatoms. The van der Waals surface area contributed by atoms with Crippen molar-refractivity contribution in [3.05, 3.63) is 77.9 Å². The largest absolute Gasteiger partial charge is 0.508 e. The van der Waals surface area contributed by atoms with Gasteiger partial charge in [0.25, 0.3) is 5.91 Å². The van der Waals surface area contributed by atoms with Crippen molar-refractivity contribution in [3.63, 3.8) is 0 Å². The molecule has 0 aromatic heterocycles. The average molecular weight is 402 g/mol. The van der Waals surface area contributed by atoms with Crippen molar-refractivity contribution in [2.75, 3.05) is 19.6 Å². The van der Waals surface area contributed by atoms with E-state index in [1.54, 1.807) is 18.2 Å². The predicted molar refractivity (Wildman–Crippen MR) is 117 cm³/mol. The van der Waals surface area contributed by atoms with Crippen LogP contribution in [0.1, 0.15) is 28.8 Å². The van der Waals surface area contributed by atoms with E-state index < -0.39 is 0 Å². The van der Waals surface area contributed by atoms with E-state index in [1.165, 1.54) is 0 Å². The van der Waals surface area contributed by atoms with Gasteiger partial charge in [-0.05, 0) is 53.8 Å². The summed E-state index contributed by atoms with van der Waals surface area (Å²) in [5.41, 5.74) is 1.67. The Kier molecular flexibility index (Phi) is 5.98. The number of carbonyl (C=O) groups excluding carboxylic acids is 2. The van der Waals surface area contributed by atoms with Gasteiger partial charge in [-0.25, -0.2) is 0 Å². The molecule has 1 aliphatic rings. The Morgan fingerprint density at radius 1 is 1.03 bits per heavy atom. The molecule has 0 saturated carbocycles. The lowest BCUT2D eigenvalue weighted by atomic mass is 9.95. The summed E-state index contributed by atoms with van der Waals surface area (Å²) in [5.74, 6) is 0.0187. The van der Waals surface area contributed by atoms with Crippen molar-refractivity contribution in [2.24, 2.45) is 5.92 Å². The van der Waals surface area contributed by atoms with Crippen LogP contribution in [-0.4, -0.2) is 41.5 Å². The molecule has 5 nitrogen and oxygen atoms in total. The summed E-state index contributed by atoms with van der Waals surface area (Å²) >= 11 is 0. The van der Waals surface area contributed by atoms with Crippen LogP contribution in [0.25, 0.3) is 10.8 Å². The molecule has 154 valence electrons. The maximum atomic E-state index is 13.2. The highest BCUT2D eigenvalue weighted by molar-refractivity contribution is 6.07. The molecule has 1 atom stereocenters. The molecule has 1 unspecified atom stereocenters. The number of carbonyl (C=O) groups is 2. The third-order valence-corrected chi connectivity index (χ3v) is 5.72. The number of aromatic hydroxyl groups is 1. The number of piperidine rings is 1. The molecule has 3 aromatic rings. The van der Waals surface area contributed by atoms with Crippen LogP contribution in [-0.2, 0) is 11.2 Å². The number of hydrogen-bond donors (Lipinski definition) is 2. The summed E-state index contributed by atoms with van der Waals surface area (Å²) in [6.07, 6.45) is 2.27. The summed E-state index contributed by atoms with van der Waals surface area (Å²) in [5, 5.41) is 14.5. The Morgan fingerprint density at radius 3 is 2.70 bits per heavy atom. The standard InChI is InChI=1S/C25H26N2O3/c28-21-10-3-6-18(16-21)13-14-26-24(29)20-9-5-15-27(17-20)25(30)23-12-4-8-19-7-1-2-11-22(19)23/h1-4,6-8,10-12,16,20,28H,5,9,13-15,17H2,(H,26,29). The highest BCUT2D eigenvalue weighted by atomic mass is 16.3. The van der Waals surface area contributed by atoms with Gasteiger partial charge in [-0.15, -0.1) is 0 Å². The zero-order valence-electron chi connectivity index (χ0n) is 16.9. The summed E-state index contributed by atoms with van der Waals surface area (Å²) in [4.78, 5) is 27.7. The topological polar surface area (TPSA) is 69.6 Å². The van der Waals surface area contributed by atoms with Crippen LogP contribution in [0.3, 0.4) is 0 Å². The number of phenols is 1. The Balaban J connectivity index is 1.37. The third kappa shape index (κ3) is 4.46. The maximum absolute atomic E-state index is 13.2. The van der Waals surface area contributed by atoms with E-state index in [4.69, 9.17) is 0 Å². The van der Waals surface area contributed by atoms with Gasteiger partial charge in [0.2, 0.25) is 5.91 Å². The lowest BCUT2D eigenvalue weighted by Crippen LogP contribution is -2.45. The van der Waals surface area contributed by atoms with Crippen LogP contribution in [0.4, 0.5) is 0 Å². The van der Waals surface area contributed by atoms with Crippen molar-refractivity contribution in [1.29, 1.82) is 0 Å². The SMILES string of the molecule is O=C(NCCc1cccc(O)c1)C1CCCN(C(=O)c2cccc3ccccc23)C1. The Bertz CT molecular complexity index is 1060. The van der Waals surface area contributed by atoms with E-state index in [0.29, 0.717) is 31.6 Å². The molecular formula is C25H26N2O3. The molecule has 2 N–H and O–H groups in total. The molecule has 0 bridgehead atoms. The van der Waals surface area contributed by atoms with Gasteiger partial charge < -0.3 is 15.3 Å². The number of benzene rings is 3. The number of rotatable bonds is 5. The average Bonchev–Trinajstić information content (AvgIpc) is 2.78. The zero-order valence-corrected chi connectivity index (χ0v) is 16.9. The smallest absolute Gasteiger partial charge is 0.254 e. The van der Waals surface area contributed by atoms with Gasteiger partial charge in [-0.2, -0.15) is 0 Å². The fraction of sp³-hybridized carbons (Fsp3) is 0.280. The highest BCUT2D eigenvalue weighted by Gasteiger charge is 2.29. The number of nitrogens with one attached hydrogen (secondary N) is 1. The van der Waals surface area contributed by atoms with Crippen LogP contribution in [0.5, 0.6) is 5.75 Å². The first-order valence-corrected chi connectivity index (χ1v) is 10.4. The minimum absolute atomic E-state index is 0.00873. The van der Waals surface area contributed by atoms with Gasteiger partial charge in [0.15, 0.2) is 0 Å². The summed E-state index contributed by atoms with van der Waals surface area (Å²) in [6.45, 7) is 1.63. The van der Waals surface area contributed by atoms with Crippen LogP contribution >= 0.6 is 0 Å². The van der Waals surface area contributed by atoms with Crippen LogP contribution < -0.4 is 5.32 Å². The lowest BCUT2D eigenvalue weighted by Gasteiger charge is -2.32. The van der Waals surface area contributed by atoms with Gasteiger partial charge in [0.05, 0.1) is 5.92 Å². The second kappa shape index (κ2) is 8.99. The van der Waals surface area contributed by atoms with Crippen LogP contribution in [0.2, 0.25) is 0 Å². The molecule has 4 rings (SSSR count). The van der Waals surface area contributed by atoms with Crippen molar-refractivity contribution in [3.8, 4) is 5.75 Å². The van der Waals surface area contributed by atoms with Crippen molar-refractivity contribution in [2.45, 2.75) is 19.3 Å². The number of amides is 2. The maximum Gasteiger partial charge on any atom is 0.254 e. The second-order valence-corrected chi connectivity index (χ2v) is 7.83. The molecule has 3 aromatic carbocycles. The zero-order chi connectivity index (χ0) is 20.9. The molecule has 1 fully saturated rings. The Morgan fingerprint density at radius 2 is 1.83 bits per heavy atom. The minimum Gasteiger partial charge on any atom is -0.508 e. The van der Waals surface area contributed by atoms with Crippen molar-refractivity contribution < 1.29 is 14.7 Å². The van der Waals surface area contributed by atoms with Crippen LogP contribution in [0, 0.1) is 5.92 Å². The van der Waals surface area contributed by atoms with Crippen LogP contribution in [0.15, 0.2) is 66.7 Å². The van der Waals surface area contributed by atoms with E-state index in [2.05, 4.69) is 5.32 Å². The summed E-state index contributed by atoms with van der Waals surface area (Å²) in [7, 11) is 0. The van der Waals surface area contributed by atoms with E-state index in [0.717, 1.165) is 29.2 Å². The fourth-order valence-corrected chi connectivity index (χ4v) is 4.14. The first kappa shape index (κ1) is 20.0. The molecule has 30 heavy (non-hydrogen) atoms. The van der Waals surface area contributed by atoms with Gasteiger partial charge >= 0.3 is 0 Å². The molecule has 2 amide bonds. The molecule has 0 spiro atoms. The number of likely N-dealkylation sites (tertiary alicyclic amines) is 1. The van der Waals surface area contributed by atoms with E-state index >= 15 is 0 Å². The quantitative estimate of drug-likeness (QED) is 0.683. The first-order valence-electron chi connectivity index (χ1n) is 10.4. The first-order chi connectivity index (χ1) is 14.6. The highest BCUT2D eigenvalue weighted by Crippen LogP contribution is 2.23. The normalized spacial score (nSPS) is 16.4. The second-order valence-electron chi connectivity index (χ2n) is 7.83. The third-order valence-electron chi connectivity index (χ3n) is 5.72. The molecule has 0 aliphatic carbocycles. The van der Waals surface area contributed by atoms with Crippen molar-refractivity contribution in [1.82, 2.24) is 10.2 Å². The molecule has 1 saturated heterocycles. The van der Waals surface area contributed by atoms with E-state index in [-0.39, 0.29) is 23.5 Å². The predicted octanol–water partition coefficient (Wildman–Crippen LogP) is 3.76.